The van der Waals surface area contributed by atoms with Gasteiger partial charge in [-0.05, 0) is 0 Å². The summed E-state index contributed by atoms with van der Waals surface area (Å²) in [6, 6.07) is -1.13. The summed E-state index contributed by atoms with van der Waals surface area (Å²) in [5.74, 6) is -1.18. The molecule has 0 amide bonds. The van der Waals surface area contributed by atoms with Gasteiger partial charge in [0, 0.05) is 18.6 Å². The van der Waals surface area contributed by atoms with E-state index in [0.29, 0.717) is 0 Å². The maximum atomic E-state index is 9.65. The van der Waals surface area contributed by atoms with Crippen LogP contribution in [0.3, 0.4) is 0 Å². The topological polar surface area (TPSA) is 205 Å². The molecule has 9 N–H and O–H groups in total. The summed E-state index contributed by atoms with van der Waals surface area (Å²) in [4.78, 5) is 9.65. The van der Waals surface area contributed by atoms with Gasteiger partial charge in [-0.1, -0.05) is 0 Å². The van der Waals surface area contributed by atoms with E-state index >= 15 is 0 Å². The summed E-state index contributed by atoms with van der Waals surface area (Å²) in [6.07, 6.45) is 0. The van der Waals surface area contributed by atoms with Crippen LogP contribution in [0.15, 0.2) is 0 Å². The molecule has 79 valence electrons. The Morgan fingerprint density at radius 1 is 1.33 bits per heavy atom. The van der Waals surface area contributed by atoms with E-state index in [9.17, 15) is 4.79 Å². The van der Waals surface area contributed by atoms with Gasteiger partial charge >= 0.3 is 5.97 Å². The molecule has 0 saturated heterocycles. The minimum Gasteiger partial charge on any atom is -0.870 e. The van der Waals surface area contributed by atoms with E-state index in [0.717, 1.165) is 0 Å². The molecular weight excluding hydrogens is 213 g/mol. The summed E-state index contributed by atoms with van der Waals surface area (Å²) >= 11 is 0. The van der Waals surface area contributed by atoms with Crippen molar-refractivity contribution in [3.05, 3.63) is 0 Å². The van der Waals surface area contributed by atoms with E-state index in [1.807, 2.05) is 0 Å². The van der Waals surface area contributed by atoms with Gasteiger partial charge in [0.15, 0.2) is 0 Å². The average Bonchev–Trinajstić information content (AvgIpc) is 1.65. The van der Waals surface area contributed by atoms with Crippen molar-refractivity contribution in [3.8, 4) is 0 Å². The third kappa shape index (κ3) is 22.6. The van der Waals surface area contributed by atoms with Crippen molar-refractivity contribution in [3.63, 3.8) is 0 Å². The van der Waals surface area contributed by atoms with Gasteiger partial charge in [0.1, 0.15) is 6.04 Å². The molecule has 0 saturated carbocycles. The van der Waals surface area contributed by atoms with Crippen LogP contribution in [0.5, 0.6) is 0 Å². The third-order valence-electron chi connectivity index (χ3n) is 0.514. The minimum atomic E-state index is -1.18. The number of rotatable bonds is 2. The molecule has 9 heteroatoms. The zero-order valence-corrected chi connectivity index (χ0v) is 7.35. The van der Waals surface area contributed by atoms with Crippen LogP contribution in [0.2, 0.25) is 0 Å². The van der Waals surface area contributed by atoms with Gasteiger partial charge in [0.25, 0.3) is 0 Å². The Labute approximate surface area is 80.5 Å². The first-order valence-electron chi connectivity index (χ1n) is 1.77. The van der Waals surface area contributed by atoms with E-state index in [2.05, 4.69) is 0 Å². The second-order valence-electron chi connectivity index (χ2n) is 1.13. The molecule has 1 radical (unpaired) electrons. The molecule has 0 bridgehead atoms. The van der Waals surface area contributed by atoms with Crippen LogP contribution in [-0.2, 0) is 23.4 Å². The normalized spacial score (nSPS) is 7.83. The Kier molecular flexibility index (Phi) is 76.4. The molecule has 0 aromatic carbocycles. The number of hydrogen-bond acceptors (Lipinski definition) is 6. The molecule has 0 fully saturated rings. The molecule has 0 heterocycles. The van der Waals surface area contributed by atoms with E-state index in [1.54, 1.807) is 0 Å². The molecule has 0 spiro atoms. The average molecular weight is 225 g/mol. The predicted octanol–water partition coefficient (Wildman–Crippen LogP) is -2.97. The first-order chi connectivity index (χ1) is 3.18. The summed E-state index contributed by atoms with van der Waals surface area (Å²) in [7, 11) is 0. The molecule has 12 heavy (non-hydrogen) atoms. The Balaban J connectivity index is -0.0000000180. The van der Waals surface area contributed by atoms with Gasteiger partial charge in [-0.25, -0.2) is 0 Å². The fourth-order valence-electron chi connectivity index (χ4n) is 0.0781. The van der Waals surface area contributed by atoms with Crippen molar-refractivity contribution >= 4 is 5.97 Å². The quantitative estimate of drug-likeness (QED) is 0.444. The van der Waals surface area contributed by atoms with Crippen molar-refractivity contribution in [2.24, 2.45) is 5.73 Å². The van der Waals surface area contributed by atoms with Crippen molar-refractivity contribution in [1.29, 1.82) is 0 Å². The van der Waals surface area contributed by atoms with Gasteiger partial charge in [-0.15, -0.1) is 0 Å². The van der Waals surface area contributed by atoms with Crippen LogP contribution in [0.4, 0.5) is 0 Å². The van der Waals surface area contributed by atoms with Gasteiger partial charge in [-0.2, -0.15) is 0 Å². The fraction of sp³-hybridized carbons (Fsp3) is 0.667. The van der Waals surface area contributed by atoms with Crippen LogP contribution < -0.4 is 5.73 Å². The number of nitrogens with two attached hydrogens (primary N) is 1. The second kappa shape index (κ2) is 22.4. The van der Waals surface area contributed by atoms with Gasteiger partial charge in [0.2, 0.25) is 0 Å². The number of aliphatic hydroxyl groups is 1. The number of carboxylic acids is 1. The summed E-state index contributed by atoms with van der Waals surface area (Å²) in [5, 5.41) is 15.9. The Morgan fingerprint density at radius 2 is 1.58 bits per heavy atom. The predicted molar refractivity (Wildman–Crippen MR) is 32.1 cm³/mol. The van der Waals surface area contributed by atoms with E-state index < -0.39 is 18.6 Å². The molecule has 8 nitrogen and oxygen atoms in total. The maximum absolute atomic E-state index is 9.65. The zero-order valence-electron chi connectivity index (χ0n) is 5.95. The molecule has 0 rings (SSSR count). The third-order valence-corrected chi connectivity index (χ3v) is 0.514. The van der Waals surface area contributed by atoms with Crippen LogP contribution in [0.25, 0.3) is 0 Å². The molecule has 0 aliphatic heterocycles. The second-order valence-corrected chi connectivity index (χ2v) is 1.13. The molecule has 0 aliphatic carbocycles. The van der Waals surface area contributed by atoms with Crippen molar-refractivity contribution < 1.29 is 55.5 Å². The van der Waals surface area contributed by atoms with Gasteiger partial charge in [-0.3, -0.25) is 4.79 Å². The molecule has 0 aromatic heterocycles. The minimum absolute atomic E-state index is 0. The zero-order chi connectivity index (χ0) is 5.86. The summed E-state index contributed by atoms with van der Waals surface area (Å²) in [5.41, 5.74) is 4.77. The van der Waals surface area contributed by atoms with Crippen molar-refractivity contribution in [2.45, 2.75) is 6.04 Å². The Hall–Kier alpha value is -0.186. The standard InChI is InChI=1S/C3H7NO3.4H2O.V/c4-2(1-5)3(6)7;;;;;/h2,5H,1,4H2,(H,6,7);4*1H2;/p-3/t2-;;;;;/m0...../s1. The monoisotopic (exact) mass is 225 g/mol. The number of aliphatic hydroxyl groups excluding tert-OH is 1. The van der Waals surface area contributed by atoms with Crippen molar-refractivity contribution in [2.75, 3.05) is 6.61 Å². The van der Waals surface area contributed by atoms with Crippen LogP contribution in [0, 0.1) is 0 Å². The molecule has 0 aliphatic rings. The molecule has 0 unspecified atom stereocenters. The van der Waals surface area contributed by atoms with Crippen LogP contribution >= 0.6 is 0 Å². The summed E-state index contributed by atoms with van der Waals surface area (Å²) < 4.78 is 0. The van der Waals surface area contributed by atoms with Crippen LogP contribution in [0.1, 0.15) is 0 Å². The molecular formula is C3H12NO7V-3. The van der Waals surface area contributed by atoms with Crippen molar-refractivity contribution in [1.82, 2.24) is 0 Å². The first kappa shape index (κ1) is 40.9. The van der Waals surface area contributed by atoms with Gasteiger partial charge in [0.05, 0.1) is 6.61 Å². The fourth-order valence-corrected chi connectivity index (χ4v) is 0.0781. The molecule has 0 aromatic rings. The van der Waals surface area contributed by atoms with E-state index in [4.69, 9.17) is 15.9 Å². The van der Waals surface area contributed by atoms with Crippen LogP contribution in [-0.4, -0.2) is 50.7 Å². The van der Waals surface area contributed by atoms with E-state index in [1.165, 1.54) is 0 Å². The Morgan fingerprint density at radius 3 is 1.58 bits per heavy atom. The number of carboxylic acid groups (broad SMARTS) is 1. The molecule has 1 atom stereocenters. The van der Waals surface area contributed by atoms with E-state index in [-0.39, 0.29) is 40.5 Å². The Bertz CT molecular complexity index is 81.1. The SMILES string of the molecule is N[C@@H](CO)C(=O)O.O.[OH-].[OH-].[OH-].[V]. The number of hydrogen-bond donors (Lipinski definition) is 3. The smallest absolute Gasteiger partial charge is 0.322 e. The maximum Gasteiger partial charge on any atom is 0.322 e. The summed E-state index contributed by atoms with van der Waals surface area (Å²) in [6.45, 7) is -0.505. The largest absolute Gasteiger partial charge is 0.870 e. The number of aliphatic carboxylic acids is 1. The number of carbonyl (C=O) groups is 1. The van der Waals surface area contributed by atoms with Gasteiger partial charge < -0.3 is 37.9 Å². The first-order valence-corrected chi connectivity index (χ1v) is 1.77.